The molecule has 13 heavy (non-hydrogen) atoms. The Kier molecular flexibility index (Phi) is 2.98. The standard InChI is InChI=1S/C8H12N2O2S/c1-6(2)10-8(12)5-13-4-7(11)9(10)3/h1,4-5H2,2-3H3. The summed E-state index contributed by atoms with van der Waals surface area (Å²) in [5.74, 6) is 0.527. The summed E-state index contributed by atoms with van der Waals surface area (Å²) < 4.78 is 0. The molecule has 0 N–H and O–H groups in total. The number of allylic oxidation sites excluding steroid dienone is 1. The van der Waals surface area contributed by atoms with Crippen molar-refractivity contribution in [2.45, 2.75) is 6.92 Å². The molecule has 1 heterocycles. The number of rotatable bonds is 1. The molecule has 0 aromatic rings. The molecule has 5 heteroatoms. The molecule has 0 radical (unpaired) electrons. The van der Waals surface area contributed by atoms with Gasteiger partial charge in [-0.25, -0.2) is 10.0 Å². The lowest BCUT2D eigenvalue weighted by atomic mass is 10.5. The number of hydrogen-bond donors (Lipinski definition) is 0. The molecular weight excluding hydrogens is 188 g/mol. The number of amides is 2. The van der Waals surface area contributed by atoms with Gasteiger partial charge in [0.1, 0.15) is 0 Å². The van der Waals surface area contributed by atoms with E-state index < -0.39 is 0 Å². The first-order chi connectivity index (χ1) is 6.04. The van der Waals surface area contributed by atoms with Gasteiger partial charge in [0.15, 0.2) is 0 Å². The van der Waals surface area contributed by atoms with Crippen LogP contribution in [0.4, 0.5) is 0 Å². The Morgan fingerprint density at radius 1 is 1.38 bits per heavy atom. The molecule has 0 aromatic heterocycles. The molecule has 1 aliphatic rings. The minimum absolute atomic E-state index is 0.0705. The summed E-state index contributed by atoms with van der Waals surface area (Å²) in [5, 5.41) is 2.65. The van der Waals surface area contributed by atoms with E-state index in [4.69, 9.17) is 0 Å². The lowest BCUT2D eigenvalue weighted by molar-refractivity contribution is -0.152. The lowest BCUT2D eigenvalue weighted by Gasteiger charge is -2.29. The van der Waals surface area contributed by atoms with Crippen LogP contribution >= 0.6 is 11.8 Å². The number of hydrazine groups is 1. The minimum Gasteiger partial charge on any atom is -0.272 e. The highest BCUT2D eigenvalue weighted by molar-refractivity contribution is 8.00. The Balaban J connectivity index is 2.91. The van der Waals surface area contributed by atoms with E-state index in [9.17, 15) is 9.59 Å². The molecule has 4 nitrogen and oxygen atoms in total. The van der Waals surface area contributed by atoms with Crippen LogP contribution in [0.15, 0.2) is 12.3 Å². The third-order valence-electron chi connectivity index (χ3n) is 1.71. The molecule has 0 aromatic carbocycles. The van der Waals surface area contributed by atoms with Gasteiger partial charge in [-0.2, -0.15) is 0 Å². The fourth-order valence-electron chi connectivity index (χ4n) is 1.13. The zero-order valence-corrected chi connectivity index (χ0v) is 8.56. The first kappa shape index (κ1) is 10.1. The number of carbonyl (C=O) groups is 2. The monoisotopic (exact) mass is 200 g/mol. The highest BCUT2D eigenvalue weighted by Crippen LogP contribution is 2.15. The van der Waals surface area contributed by atoms with E-state index in [-0.39, 0.29) is 11.8 Å². The number of carbonyl (C=O) groups excluding carboxylic acids is 2. The predicted octanol–water partition coefficient (Wildman–Crippen LogP) is 0.469. The molecule has 2 amide bonds. The van der Waals surface area contributed by atoms with Gasteiger partial charge in [0.05, 0.1) is 11.5 Å². The maximum Gasteiger partial charge on any atom is 0.255 e. The van der Waals surface area contributed by atoms with E-state index in [2.05, 4.69) is 6.58 Å². The van der Waals surface area contributed by atoms with Gasteiger partial charge in [0.2, 0.25) is 0 Å². The minimum atomic E-state index is -0.0918. The zero-order valence-electron chi connectivity index (χ0n) is 7.74. The Morgan fingerprint density at radius 3 is 2.46 bits per heavy atom. The van der Waals surface area contributed by atoms with Gasteiger partial charge in [-0.15, -0.1) is 11.8 Å². The van der Waals surface area contributed by atoms with Crippen LogP contribution in [0.3, 0.4) is 0 Å². The van der Waals surface area contributed by atoms with E-state index in [1.54, 1.807) is 14.0 Å². The fourth-order valence-corrected chi connectivity index (χ4v) is 1.89. The molecule has 1 aliphatic heterocycles. The van der Waals surface area contributed by atoms with Crippen LogP contribution < -0.4 is 0 Å². The predicted molar refractivity (Wildman–Crippen MR) is 51.8 cm³/mol. The molecule has 0 bridgehead atoms. The quantitative estimate of drug-likeness (QED) is 0.617. The van der Waals surface area contributed by atoms with Gasteiger partial charge in [0, 0.05) is 12.7 Å². The zero-order chi connectivity index (χ0) is 10.0. The van der Waals surface area contributed by atoms with Gasteiger partial charge in [0.25, 0.3) is 11.8 Å². The Labute approximate surface area is 81.5 Å². The normalized spacial score (nSPS) is 18.9. The van der Waals surface area contributed by atoms with Crippen molar-refractivity contribution in [3.63, 3.8) is 0 Å². The second-order valence-corrected chi connectivity index (χ2v) is 3.84. The Hall–Kier alpha value is -0.970. The van der Waals surface area contributed by atoms with Crippen molar-refractivity contribution >= 4 is 23.6 Å². The topological polar surface area (TPSA) is 40.6 Å². The van der Waals surface area contributed by atoms with E-state index in [0.29, 0.717) is 17.2 Å². The SMILES string of the molecule is C=C(C)N1C(=O)CSCC(=O)N1C. The van der Waals surface area contributed by atoms with Crippen LogP contribution in [-0.2, 0) is 9.59 Å². The first-order valence-corrected chi connectivity index (χ1v) is 5.02. The number of nitrogens with zero attached hydrogens (tertiary/aromatic N) is 2. The molecule has 0 aliphatic carbocycles. The van der Waals surface area contributed by atoms with Crippen molar-refractivity contribution in [3.8, 4) is 0 Å². The van der Waals surface area contributed by atoms with Crippen molar-refractivity contribution in [3.05, 3.63) is 12.3 Å². The summed E-state index contributed by atoms with van der Waals surface area (Å²) in [6.45, 7) is 5.36. The summed E-state index contributed by atoms with van der Waals surface area (Å²) in [7, 11) is 1.58. The maximum atomic E-state index is 11.5. The fraction of sp³-hybridized carbons (Fsp3) is 0.500. The molecule has 1 rings (SSSR count). The summed E-state index contributed by atoms with van der Waals surface area (Å²) in [5.41, 5.74) is 0.573. The third kappa shape index (κ3) is 2.03. The summed E-state index contributed by atoms with van der Waals surface area (Å²) in [6, 6.07) is 0. The average molecular weight is 200 g/mol. The van der Waals surface area contributed by atoms with E-state index >= 15 is 0 Å². The molecule has 0 spiro atoms. The highest BCUT2D eigenvalue weighted by atomic mass is 32.2. The van der Waals surface area contributed by atoms with Crippen LogP contribution in [0.2, 0.25) is 0 Å². The molecule has 0 saturated carbocycles. The lowest BCUT2D eigenvalue weighted by Crippen LogP contribution is -2.45. The van der Waals surface area contributed by atoms with Crippen LogP contribution in [0.5, 0.6) is 0 Å². The first-order valence-electron chi connectivity index (χ1n) is 3.86. The maximum absolute atomic E-state index is 11.5. The van der Waals surface area contributed by atoms with Gasteiger partial charge in [-0.1, -0.05) is 6.58 Å². The summed E-state index contributed by atoms with van der Waals surface area (Å²) >= 11 is 1.33. The number of thioether (sulfide) groups is 1. The van der Waals surface area contributed by atoms with Crippen LogP contribution in [0.1, 0.15) is 6.92 Å². The van der Waals surface area contributed by atoms with Crippen LogP contribution in [0.25, 0.3) is 0 Å². The van der Waals surface area contributed by atoms with Crippen LogP contribution in [0, 0.1) is 0 Å². The van der Waals surface area contributed by atoms with Crippen molar-refractivity contribution in [1.82, 2.24) is 10.0 Å². The molecule has 0 atom stereocenters. The van der Waals surface area contributed by atoms with Crippen LogP contribution in [-0.4, -0.2) is 40.4 Å². The Morgan fingerprint density at radius 2 is 1.92 bits per heavy atom. The van der Waals surface area contributed by atoms with E-state index in [1.165, 1.54) is 21.8 Å². The third-order valence-corrected chi connectivity index (χ3v) is 2.61. The summed E-state index contributed by atoms with van der Waals surface area (Å²) in [4.78, 5) is 22.8. The smallest absolute Gasteiger partial charge is 0.255 e. The van der Waals surface area contributed by atoms with Gasteiger partial charge in [-0.3, -0.25) is 9.59 Å². The van der Waals surface area contributed by atoms with Crippen molar-refractivity contribution in [1.29, 1.82) is 0 Å². The average Bonchev–Trinajstić information content (AvgIpc) is 2.13. The van der Waals surface area contributed by atoms with Gasteiger partial charge >= 0.3 is 0 Å². The Bertz CT molecular complexity index is 265. The largest absolute Gasteiger partial charge is 0.272 e. The van der Waals surface area contributed by atoms with Crippen molar-refractivity contribution < 1.29 is 9.59 Å². The van der Waals surface area contributed by atoms with Gasteiger partial charge in [-0.05, 0) is 6.92 Å². The number of hydrogen-bond acceptors (Lipinski definition) is 3. The van der Waals surface area contributed by atoms with E-state index in [0.717, 1.165) is 0 Å². The van der Waals surface area contributed by atoms with Crippen molar-refractivity contribution in [2.24, 2.45) is 0 Å². The molecule has 1 fully saturated rings. The molecule has 1 saturated heterocycles. The highest BCUT2D eigenvalue weighted by Gasteiger charge is 2.26. The van der Waals surface area contributed by atoms with Gasteiger partial charge < -0.3 is 0 Å². The second-order valence-electron chi connectivity index (χ2n) is 2.85. The second kappa shape index (κ2) is 3.83. The molecular formula is C8H12N2O2S. The molecule has 72 valence electrons. The molecule has 0 unspecified atom stereocenters. The van der Waals surface area contributed by atoms with E-state index in [1.807, 2.05) is 0 Å². The summed E-state index contributed by atoms with van der Waals surface area (Å²) in [6.07, 6.45) is 0. The van der Waals surface area contributed by atoms with Crippen molar-refractivity contribution in [2.75, 3.05) is 18.6 Å².